The first kappa shape index (κ1) is 20.3. The van der Waals surface area contributed by atoms with Crippen LogP contribution in [0.2, 0.25) is 5.02 Å². The van der Waals surface area contributed by atoms with Gasteiger partial charge in [0.05, 0.1) is 12.5 Å². The molecule has 0 saturated carbocycles. The number of fused-ring (bicyclic) bond motifs is 1. The molecule has 1 unspecified atom stereocenters. The van der Waals surface area contributed by atoms with E-state index >= 15 is 0 Å². The molecule has 10 heteroatoms. The predicted octanol–water partition coefficient (Wildman–Crippen LogP) is 2.17. The van der Waals surface area contributed by atoms with E-state index in [4.69, 9.17) is 11.6 Å². The summed E-state index contributed by atoms with van der Waals surface area (Å²) >= 11 is 6.09. The number of nitrogens with zero attached hydrogens (tertiary/aromatic N) is 5. The van der Waals surface area contributed by atoms with Gasteiger partial charge in [0, 0.05) is 37.1 Å². The van der Waals surface area contributed by atoms with Gasteiger partial charge in [-0.2, -0.15) is 10.2 Å². The van der Waals surface area contributed by atoms with Crippen LogP contribution in [0.25, 0.3) is 0 Å². The second kappa shape index (κ2) is 8.83. The zero-order valence-electron chi connectivity index (χ0n) is 16.3. The highest BCUT2D eigenvalue weighted by molar-refractivity contribution is 6.31. The van der Waals surface area contributed by atoms with Gasteiger partial charge in [-0.15, -0.1) is 0 Å². The van der Waals surface area contributed by atoms with Crippen LogP contribution in [-0.2, 0) is 24.4 Å². The van der Waals surface area contributed by atoms with Gasteiger partial charge in [-0.1, -0.05) is 17.7 Å². The molecule has 1 aliphatic rings. The Morgan fingerprint density at radius 3 is 3.00 bits per heavy atom. The number of hydrogen-bond acceptors (Lipinski definition) is 4. The van der Waals surface area contributed by atoms with E-state index < -0.39 is 11.7 Å². The van der Waals surface area contributed by atoms with E-state index in [9.17, 15) is 14.0 Å². The van der Waals surface area contributed by atoms with E-state index in [0.717, 1.165) is 19.4 Å². The van der Waals surface area contributed by atoms with Crippen molar-refractivity contribution in [3.63, 3.8) is 0 Å². The molecular formula is C20H22ClFN6O2. The summed E-state index contributed by atoms with van der Waals surface area (Å²) in [5.74, 6) is -0.576. The topological polar surface area (TPSA) is 86.7 Å². The van der Waals surface area contributed by atoms with Gasteiger partial charge in [0.15, 0.2) is 0 Å². The number of amides is 1. The Morgan fingerprint density at radius 2 is 2.23 bits per heavy atom. The summed E-state index contributed by atoms with van der Waals surface area (Å²) in [6.45, 7) is 1.88. The summed E-state index contributed by atoms with van der Waals surface area (Å²) in [5, 5.41) is 11.7. The maximum Gasteiger partial charge on any atom is 0.346 e. The van der Waals surface area contributed by atoms with E-state index in [2.05, 4.69) is 15.5 Å². The van der Waals surface area contributed by atoms with E-state index in [1.807, 2.05) is 16.9 Å². The van der Waals surface area contributed by atoms with Crippen molar-refractivity contribution in [3.8, 4) is 0 Å². The van der Waals surface area contributed by atoms with Crippen molar-refractivity contribution in [3.05, 3.63) is 69.4 Å². The molecular weight excluding hydrogens is 411 g/mol. The van der Waals surface area contributed by atoms with Gasteiger partial charge in [-0.25, -0.2) is 13.9 Å². The lowest BCUT2D eigenvalue weighted by atomic mass is 9.98. The van der Waals surface area contributed by atoms with Crippen LogP contribution >= 0.6 is 11.6 Å². The fourth-order valence-corrected chi connectivity index (χ4v) is 3.91. The molecule has 0 aliphatic carbocycles. The van der Waals surface area contributed by atoms with Crippen LogP contribution in [0.3, 0.4) is 0 Å². The normalized spacial score (nSPS) is 15.7. The zero-order valence-corrected chi connectivity index (χ0v) is 17.1. The van der Waals surface area contributed by atoms with E-state index in [1.165, 1.54) is 22.9 Å². The molecule has 158 valence electrons. The number of aryl methyl sites for hydroxylation is 1. The third-order valence-electron chi connectivity index (χ3n) is 5.21. The summed E-state index contributed by atoms with van der Waals surface area (Å²) in [5.41, 5.74) is 0.303. The van der Waals surface area contributed by atoms with Crippen molar-refractivity contribution in [2.24, 2.45) is 0 Å². The van der Waals surface area contributed by atoms with Crippen molar-refractivity contribution in [2.45, 2.75) is 44.8 Å². The molecule has 2 aromatic heterocycles. The number of hydrogen-bond donors (Lipinski definition) is 1. The van der Waals surface area contributed by atoms with Crippen LogP contribution in [0, 0.1) is 5.82 Å². The van der Waals surface area contributed by atoms with E-state index in [-0.39, 0.29) is 23.2 Å². The molecule has 1 aromatic carbocycles. The van der Waals surface area contributed by atoms with Gasteiger partial charge in [-0.05, 0) is 43.0 Å². The van der Waals surface area contributed by atoms with Crippen LogP contribution in [0.15, 0.2) is 41.5 Å². The number of rotatable bonds is 7. The van der Waals surface area contributed by atoms with Crippen LogP contribution in [-0.4, -0.2) is 36.6 Å². The first-order chi connectivity index (χ1) is 14.5. The molecule has 30 heavy (non-hydrogen) atoms. The molecule has 3 heterocycles. The second-order valence-corrected chi connectivity index (χ2v) is 7.70. The molecule has 4 rings (SSSR count). The average Bonchev–Trinajstić information content (AvgIpc) is 3.35. The third-order valence-corrected chi connectivity index (χ3v) is 5.56. The lowest BCUT2D eigenvalue weighted by Gasteiger charge is -2.21. The molecule has 0 bridgehead atoms. The predicted molar refractivity (Wildman–Crippen MR) is 109 cm³/mol. The Labute approximate surface area is 177 Å². The van der Waals surface area contributed by atoms with Gasteiger partial charge in [0.25, 0.3) is 0 Å². The lowest BCUT2D eigenvalue weighted by Crippen LogP contribution is -2.35. The minimum atomic E-state index is -0.471. The monoisotopic (exact) mass is 432 g/mol. The van der Waals surface area contributed by atoms with Crippen LogP contribution in [0.4, 0.5) is 4.39 Å². The maximum absolute atomic E-state index is 13.3. The highest BCUT2D eigenvalue weighted by Crippen LogP contribution is 2.25. The smallest absolute Gasteiger partial charge is 0.346 e. The van der Waals surface area contributed by atoms with Crippen molar-refractivity contribution < 1.29 is 9.18 Å². The van der Waals surface area contributed by atoms with Gasteiger partial charge >= 0.3 is 5.69 Å². The number of aromatic nitrogens is 5. The number of halogens is 2. The van der Waals surface area contributed by atoms with Crippen LogP contribution in [0.1, 0.15) is 36.6 Å². The van der Waals surface area contributed by atoms with Gasteiger partial charge in [0.1, 0.15) is 11.6 Å². The van der Waals surface area contributed by atoms with Crippen LogP contribution in [0.5, 0.6) is 0 Å². The standard InChI is InChI=1S/C20H22ClFN6O2/c21-17-12-15(22)6-5-14(17)13-28-20(30)27-11-1-4-16(18(27)25-28)19(29)23-7-2-9-26-10-3-8-24-26/h3,5-6,8,10,12,16H,1-2,4,7,9,11,13H2,(H,23,29). The third kappa shape index (κ3) is 4.30. The molecule has 1 aliphatic heterocycles. The zero-order chi connectivity index (χ0) is 21.1. The second-order valence-electron chi connectivity index (χ2n) is 7.29. The molecule has 8 nitrogen and oxygen atoms in total. The number of nitrogens with one attached hydrogen (secondary N) is 1. The Bertz CT molecular complexity index is 1090. The lowest BCUT2D eigenvalue weighted by molar-refractivity contribution is -0.123. The maximum atomic E-state index is 13.3. The minimum absolute atomic E-state index is 0.121. The number of benzene rings is 1. The first-order valence-electron chi connectivity index (χ1n) is 9.89. The molecule has 1 amide bonds. The highest BCUT2D eigenvalue weighted by atomic mass is 35.5. The average molecular weight is 433 g/mol. The van der Waals surface area contributed by atoms with Gasteiger partial charge < -0.3 is 5.32 Å². The van der Waals surface area contributed by atoms with Crippen molar-refractivity contribution >= 4 is 17.5 Å². The van der Waals surface area contributed by atoms with Gasteiger partial charge in [-0.3, -0.25) is 14.0 Å². The Hall–Kier alpha value is -2.94. The van der Waals surface area contributed by atoms with E-state index in [1.54, 1.807) is 10.8 Å². The van der Waals surface area contributed by atoms with Crippen molar-refractivity contribution in [1.82, 2.24) is 29.4 Å². The summed E-state index contributed by atoms with van der Waals surface area (Å²) < 4.78 is 17.9. The molecule has 0 fully saturated rings. The summed E-state index contributed by atoms with van der Waals surface area (Å²) in [4.78, 5) is 25.5. The Kier molecular flexibility index (Phi) is 5.98. The Morgan fingerprint density at radius 1 is 1.37 bits per heavy atom. The number of carbonyl (C=O) groups excluding carboxylic acids is 1. The summed E-state index contributed by atoms with van der Waals surface area (Å²) in [6.07, 6.45) is 5.71. The minimum Gasteiger partial charge on any atom is -0.355 e. The fourth-order valence-electron chi connectivity index (χ4n) is 3.68. The first-order valence-corrected chi connectivity index (χ1v) is 10.3. The fraction of sp³-hybridized carbons (Fsp3) is 0.400. The van der Waals surface area contributed by atoms with E-state index in [0.29, 0.717) is 30.9 Å². The summed E-state index contributed by atoms with van der Waals surface area (Å²) in [7, 11) is 0. The molecule has 1 N–H and O–H groups in total. The quantitative estimate of drug-likeness (QED) is 0.580. The molecule has 1 atom stereocenters. The van der Waals surface area contributed by atoms with Gasteiger partial charge in [0.2, 0.25) is 5.91 Å². The van der Waals surface area contributed by atoms with Crippen molar-refractivity contribution in [2.75, 3.05) is 6.54 Å². The largest absolute Gasteiger partial charge is 0.355 e. The number of carbonyl (C=O) groups is 1. The molecule has 3 aromatic rings. The molecule has 0 radical (unpaired) electrons. The highest BCUT2D eigenvalue weighted by Gasteiger charge is 2.31. The molecule has 0 spiro atoms. The Balaban J connectivity index is 1.44. The van der Waals surface area contributed by atoms with Crippen LogP contribution < -0.4 is 11.0 Å². The van der Waals surface area contributed by atoms with Crippen molar-refractivity contribution in [1.29, 1.82) is 0 Å². The SMILES string of the molecule is O=C(NCCCn1cccn1)C1CCCn2c1nn(Cc1ccc(F)cc1Cl)c2=O. The summed E-state index contributed by atoms with van der Waals surface area (Å²) in [6, 6.07) is 5.89. The molecule has 0 saturated heterocycles.